The predicted octanol–water partition coefficient (Wildman–Crippen LogP) is 4.87. The van der Waals surface area contributed by atoms with Crippen LogP contribution in [0.15, 0.2) is 11.0 Å². The maximum Gasteiger partial charge on any atom is 0.309 e. The van der Waals surface area contributed by atoms with E-state index < -0.39 is 35.6 Å². The fraction of sp³-hybridized carbons (Fsp3) is 0.750. The minimum Gasteiger partial charge on any atom is -0.458 e. The summed E-state index contributed by atoms with van der Waals surface area (Å²) in [6.07, 6.45) is 2.49. The van der Waals surface area contributed by atoms with Crippen molar-refractivity contribution in [1.29, 1.82) is 0 Å². The van der Waals surface area contributed by atoms with E-state index in [1.165, 1.54) is 0 Å². The van der Waals surface area contributed by atoms with Crippen molar-refractivity contribution in [3.8, 4) is 0 Å². The van der Waals surface area contributed by atoms with Gasteiger partial charge in [-0.1, -0.05) is 34.1 Å². The molecular weight excluding hydrogens is 478 g/mol. The van der Waals surface area contributed by atoms with E-state index in [4.69, 9.17) is 9.47 Å². The van der Waals surface area contributed by atoms with E-state index >= 15 is 0 Å². The molecule has 7 atom stereocenters. The zero-order valence-corrected chi connectivity index (χ0v) is 23.6. The summed E-state index contributed by atoms with van der Waals surface area (Å²) in [6.45, 7) is 13.1. The zero-order chi connectivity index (χ0) is 26.8. The first-order valence-electron chi connectivity index (χ1n) is 13.2. The second-order valence-corrected chi connectivity index (χ2v) is 12.6. The Morgan fingerprint density at radius 2 is 1.97 bits per heavy atom. The Balaban J connectivity index is 1.87. The number of rotatable bonds is 3. The van der Waals surface area contributed by atoms with Gasteiger partial charge in [-0.05, 0) is 57.6 Å². The Kier molecular flexibility index (Phi) is 9.18. The van der Waals surface area contributed by atoms with E-state index in [2.05, 4.69) is 11.9 Å². The molecule has 0 aromatic carbocycles. The van der Waals surface area contributed by atoms with Crippen LogP contribution in [-0.4, -0.2) is 57.0 Å². The monoisotopic (exact) mass is 521 g/mol. The van der Waals surface area contributed by atoms with E-state index in [1.807, 2.05) is 39.2 Å². The summed E-state index contributed by atoms with van der Waals surface area (Å²) in [5, 5.41) is 24.9. The van der Waals surface area contributed by atoms with E-state index in [1.54, 1.807) is 25.2 Å². The van der Waals surface area contributed by atoms with Gasteiger partial charge in [0.05, 0.1) is 46.5 Å². The summed E-state index contributed by atoms with van der Waals surface area (Å²) in [5.41, 5.74) is 0.183. The number of fused-ring (bicyclic) bond motifs is 1. The van der Waals surface area contributed by atoms with Crippen LogP contribution in [-0.2, 0) is 19.1 Å². The number of nitrogens with zero attached hydrogens (tertiary/aromatic N) is 1. The number of ketones is 1. The smallest absolute Gasteiger partial charge is 0.309 e. The van der Waals surface area contributed by atoms with E-state index in [9.17, 15) is 19.8 Å². The minimum atomic E-state index is -1.23. The molecule has 2 saturated heterocycles. The number of carbonyl (C=O) groups is 2. The van der Waals surface area contributed by atoms with Gasteiger partial charge in [0.2, 0.25) is 0 Å². The molecule has 2 aliphatic heterocycles. The number of aryl methyl sites for hydroxylation is 1. The number of hydrogen-bond donors (Lipinski definition) is 2. The Bertz CT molecular complexity index is 971. The molecule has 0 bridgehead atoms. The standard InChI is InChI=1S/C28H43NO6S/c1-8-20-25(32)16(2)10-9-11-28(7)23(35-28)13-21(17(3)12-19-15-36-18(4)29-19)34-24(31)14-22(30)27(5,6)26(20)33/h12,15-16,20-23,25,30,32H,8-11,13-14H2,1-7H3/b17-12+/t16-,20-,21+,22+,23+,25-,28+/m1/s1. The molecule has 3 heterocycles. The summed E-state index contributed by atoms with van der Waals surface area (Å²) in [4.78, 5) is 30.9. The molecule has 0 spiro atoms. The number of cyclic esters (lactones) is 1. The normalized spacial score (nSPS) is 36.8. The lowest BCUT2D eigenvalue weighted by molar-refractivity contribution is -0.154. The highest BCUT2D eigenvalue weighted by atomic mass is 32.1. The van der Waals surface area contributed by atoms with Crippen molar-refractivity contribution in [1.82, 2.24) is 4.98 Å². The minimum absolute atomic E-state index is 0.0460. The summed E-state index contributed by atoms with van der Waals surface area (Å²) in [5.74, 6) is -1.45. The average Bonchev–Trinajstić information content (AvgIpc) is 3.24. The van der Waals surface area contributed by atoms with Crippen LogP contribution in [0.25, 0.3) is 6.08 Å². The van der Waals surface area contributed by atoms with Crippen molar-refractivity contribution in [2.24, 2.45) is 17.3 Å². The Labute approximate surface area is 219 Å². The number of aliphatic hydroxyl groups is 2. The van der Waals surface area contributed by atoms with Gasteiger partial charge in [0.1, 0.15) is 11.9 Å². The first-order chi connectivity index (χ1) is 16.8. The highest BCUT2D eigenvalue weighted by molar-refractivity contribution is 7.09. The van der Waals surface area contributed by atoms with E-state index in [-0.39, 0.29) is 29.8 Å². The van der Waals surface area contributed by atoms with Crippen molar-refractivity contribution in [3.05, 3.63) is 21.7 Å². The third-order valence-electron chi connectivity index (χ3n) is 8.19. The number of esters is 1. The molecule has 1 aromatic heterocycles. The number of hydrogen-bond acceptors (Lipinski definition) is 8. The molecule has 2 fully saturated rings. The van der Waals surface area contributed by atoms with Gasteiger partial charge in [0.25, 0.3) is 0 Å². The highest BCUT2D eigenvalue weighted by Gasteiger charge is 2.53. The van der Waals surface area contributed by atoms with Crippen LogP contribution in [0, 0.1) is 24.2 Å². The van der Waals surface area contributed by atoms with E-state index in [0.717, 1.165) is 35.5 Å². The van der Waals surface area contributed by atoms with Crippen LogP contribution in [0.2, 0.25) is 0 Å². The summed E-state index contributed by atoms with van der Waals surface area (Å²) in [6, 6.07) is 0. The van der Waals surface area contributed by atoms with Gasteiger partial charge in [0, 0.05) is 17.7 Å². The molecule has 36 heavy (non-hydrogen) atoms. The fourth-order valence-electron chi connectivity index (χ4n) is 5.29. The number of thiazole rings is 1. The summed E-state index contributed by atoms with van der Waals surface area (Å²) in [7, 11) is 0. The maximum atomic E-state index is 13.4. The van der Waals surface area contributed by atoms with Gasteiger partial charge in [0.15, 0.2) is 0 Å². The second kappa shape index (κ2) is 11.4. The lowest BCUT2D eigenvalue weighted by Crippen LogP contribution is -2.46. The van der Waals surface area contributed by atoms with Crippen LogP contribution >= 0.6 is 11.3 Å². The van der Waals surface area contributed by atoms with Crippen LogP contribution in [0.3, 0.4) is 0 Å². The molecule has 1 aromatic rings. The number of aromatic nitrogens is 1. The summed E-state index contributed by atoms with van der Waals surface area (Å²) >= 11 is 1.56. The molecule has 3 rings (SSSR count). The molecule has 7 nitrogen and oxygen atoms in total. The molecule has 2 aliphatic rings. The molecule has 0 saturated carbocycles. The molecule has 202 valence electrons. The van der Waals surface area contributed by atoms with Gasteiger partial charge in [-0.15, -0.1) is 11.3 Å². The number of carbonyl (C=O) groups excluding carboxylic acids is 2. The predicted molar refractivity (Wildman–Crippen MR) is 140 cm³/mol. The molecule has 0 unspecified atom stereocenters. The first-order valence-corrected chi connectivity index (χ1v) is 14.0. The first kappa shape index (κ1) is 29.0. The molecule has 0 aliphatic carbocycles. The largest absolute Gasteiger partial charge is 0.458 e. The van der Waals surface area contributed by atoms with Gasteiger partial charge in [-0.2, -0.15) is 0 Å². The molecule has 2 N–H and O–H groups in total. The lowest BCUT2D eigenvalue weighted by atomic mass is 9.71. The van der Waals surface area contributed by atoms with Gasteiger partial charge in [-0.3, -0.25) is 9.59 Å². The van der Waals surface area contributed by atoms with Crippen molar-refractivity contribution >= 4 is 29.2 Å². The van der Waals surface area contributed by atoms with Crippen molar-refractivity contribution in [2.75, 3.05) is 0 Å². The third-order valence-corrected chi connectivity index (χ3v) is 8.98. The molecule has 0 amide bonds. The number of Topliss-reactive ketones (excluding diaryl/α,β-unsaturated/α-hetero) is 1. The number of aliphatic hydroxyl groups excluding tert-OH is 2. The SMILES string of the molecule is CC[C@H]1C(=O)C(C)(C)[C@@H](O)CC(=O)O[C@H](/C(C)=C/c2csc(C)n2)C[C@@H]2O[C@@]2(C)CCC[C@@H](C)[C@H]1O. The van der Waals surface area contributed by atoms with Gasteiger partial charge in [-0.25, -0.2) is 4.98 Å². The van der Waals surface area contributed by atoms with Crippen LogP contribution in [0.4, 0.5) is 0 Å². The Morgan fingerprint density at radius 3 is 2.58 bits per heavy atom. The molecule has 8 heteroatoms. The quantitative estimate of drug-likeness (QED) is 0.431. The maximum absolute atomic E-state index is 13.4. The topological polar surface area (TPSA) is 109 Å². The van der Waals surface area contributed by atoms with Crippen molar-refractivity contribution in [2.45, 2.75) is 117 Å². The van der Waals surface area contributed by atoms with Crippen LogP contribution < -0.4 is 0 Å². The number of epoxide rings is 1. The van der Waals surface area contributed by atoms with Gasteiger partial charge >= 0.3 is 5.97 Å². The zero-order valence-electron chi connectivity index (χ0n) is 22.7. The van der Waals surface area contributed by atoms with Crippen molar-refractivity contribution < 1.29 is 29.3 Å². The van der Waals surface area contributed by atoms with Crippen LogP contribution in [0.1, 0.15) is 90.8 Å². The molecular formula is C28H43NO6S. The second-order valence-electron chi connectivity index (χ2n) is 11.5. The van der Waals surface area contributed by atoms with E-state index in [0.29, 0.717) is 12.8 Å². The van der Waals surface area contributed by atoms with Crippen LogP contribution in [0.5, 0.6) is 0 Å². The Hall–Kier alpha value is -1.61. The summed E-state index contributed by atoms with van der Waals surface area (Å²) < 4.78 is 12.0. The Morgan fingerprint density at radius 1 is 1.28 bits per heavy atom. The average molecular weight is 522 g/mol. The number of ether oxygens (including phenoxy) is 2. The highest BCUT2D eigenvalue weighted by Crippen LogP contribution is 2.45. The lowest BCUT2D eigenvalue weighted by Gasteiger charge is -2.35. The van der Waals surface area contributed by atoms with Gasteiger partial charge < -0.3 is 19.7 Å². The fourth-order valence-corrected chi connectivity index (χ4v) is 5.86. The molecule has 0 radical (unpaired) electrons. The van der Waals surface area contributed by atoms with Crippen molar-refractivity contribution in [3.63, 3.8) is 0 Å². The third kappa shape index (κ3) is 6.63.